The summed E-state index contributed by atoms with van der Waals surface area (Å²) in [5.74, 6) is -0.950. The summed E-state index contributed by atoms with van der Waals surface area (Å²) >= 11 is 12.0. The number of carbonyl (C=O) groups is 2. The number of carbonyl (C=O) groups excluding carboxylic acids is 2. The van der Waals surface area contributed by atoms with Gasteiger partial charge in [-0.05, 0) is 42.3 Å². The molecule has 7 heteroatoms. The van der Waals surface area contributed by atoms with Crippen LogP contribution in [0.5, 0.6) is 0 Å². The molecular weight excluding hydrogens is 390 g/mol. The summed E-state index contributed by atoms with van der Waals surface area (Å²) < 4.78 is 12.9. The summed E-state index contributed by atoms with van der Waals surface area (Å²) in [5.41, 5.74) is 1.39. The van der Waals surface area contributed by atoms with Crippen molar-refractivity contribution in [3.8, 4) is 0 Å². The van der Waals surface area contributed by atoms with E-state index in [2.05, 4.69) is 5.32 Å². The van der Waals surface area contributed by atoms with E-state index in [4.69, 9.17) is 23.2 Å². The van der Waals surface area contributed by atoms with Crippen LogP contribution in [-0.2, 0) is 16.1 Å². The maximum Gasteiger partial charge on any atom is 0.247 e. The Hall–Kier alpha value is -2.37. The van der Waals surface area contributed by atoms with Crippen LogP contribution in [0.3, 0.4) is 0 Å². The van der Waals surface area contributed by atoms with E-state index in [1.54, 1.807) is 43.3 Å². The maximum atomic E-state index is 12.9. The van der Waals surface area contributed by atoms with Crippen LogP contribution in [0, 0.1) is 5.82 Å². The Kier molecular flexibility index (Phi) is 7.82. The Bertz CT molecular complexity index is 838. The predicted molar refractivity (Wildman–Crippen MR) is 106 cm³/mol. The summed E-state index contributed by atoms with van der Waals surface area (Å²) in [4.78, 5) is 25.8. The van der Waals surface area contributed by atoms with Crippen LogP contribution < -0.4 is 5.32 Å². The van der Waals surface area contributed by atoms with Gasteiger partial charge in [0.1, 0.15) is 5.82 Å². The highest BCUT2D eigenvalue weighted by atomic mass is 35.5. The first kappa shape index (κ1) is 20.9. The largest absolute Gasteiger partial charge is 0.350 e. The van der Waals surface area contributed by atoms with Crippen LogP contribution in [0.15, 0.2) is 48.5 Å². The molecule has 0 saturated heterocycles. The van der Waals surface area contributed by atoms with Gasteiger partial charge in [-0.1, -0.05) is 47.5 Å². The quantitative estimate of drug-likeness (QED) is 0.693. The van der Waals surface area contributed by atoms with Crippen LogP contribution in [0.25, 0.3) is 6.08 Å². The van der Waals surface area contributed by atoms with E-state index in [0.717, 1.165) is 5.56 Å². The van der Waals surface area contributed by atoms with Crippen LogP contribution in [0.1, 0.15) is 18.1 Å². The van der Waals surface area contributed by atoms with Crippen molar-refractivity contribution in [2.45, 2.75) is 13.5 Å². The highest BCUT2D eigenvalue weighted by Crippen LogP contribution is 2.26. The number of likely N-dealkylation sites (N-methyl/N-ethyl adjacent to an activating group) is 1. The molecule has 0 fully saturated rings. The molecule has 0 radical (unpaired) electrons. The van der Waals surface area contributed by atoms with Crippen LogP contribution in [0.2, 0.25) is 10.0 Å². The molecule has 1 N–H and O–H groups in total. The van der Waals surface area contributed by atoms with Crippen LogP contribution >= 0.6 is 23.2 Å². The number of hydrogen-bond donors (Lipinski definition) is 1. The lowest BCUT2D eigenvalue weighted by molar-refractivity contribution is -0.132. The van der Waals surface area contributed by atoms with Crippen molar-refractivity contribution in [2.24, 2.45) is 0 Å². The first-order chi connectivity index (χ1) is 12.9. The fourth-order valence-corrected chi connectivity index (χ4v) is 2.66. The molecule has 142 valence electrons. The Morgan fingerprint density at radius 2 is 1.85 bits per heavy atom. The topological polar surface area (TPSA) is 49.4 Å². The van der Waals surface area contributed by atoms with Gasteiger partial charge in [0.25, 0.3) is 0 Å². The smallest absolute Gasteiger partial charge is 0.247 e. The van der Waals surface area contributed by atoms with Crippen molar-refractivity contribution >= 4 is 41.1 Å². The molecular formula is C20H19Cl2FN2O2. The minimum Gasteiger partial charge on any atom is -0.350 e. The van der Waals surface area contributed by atoms with Crippen molar-refractivity contribution in [2.75, 3.05) is 13.1 Å². The fraction of sp³-hybridized carbons (Fsp3) is 0.200. The van der Waals surface area contributed by atoms with Gasteiger partial charge in [-0.25, -0.2) is 4.39 Å². The summed E-state index contributed by atoms with van der Waals surface area (Å²) in [6.45, 7) is 2.34. The van der Waals surface area contributed by atoms with Crippen molar-refractivity contribution in [1.29, 1.82) is 0 Å². The van der Waals surface area contributed by atoms with Gasteiger partial charge in [0.2, 0.25) is 11.8 Å². The third kappa shape index (κ3) is 6.38. The van der Waals surface area contributed by atoms with Gasteiger partial charge in [-0.15, -0.1) is 0 Å². The Morgan fingerprint density at radius 1 is 1.15 bits per heavy atom. The molecule has 0 unspecified atom stereocenters. The lowest BCUT2D eigenvalue weighted by atomic mass is 10.2. The second-order valence-electron chi connectivity index (χ2n) is 5.73. The van der Waals surface area contributed by atoms with E-state index in [1.807, 2.05) is 0 Å². The average molecular weight is 409 g/mol. The molecule has 2 aromatic rings. The highest BCUT2D eigenvalue weighted by Gasteiger charge is 2.13. The minimum absolute atomic E-state index is 0.0792. The zero-order valence-electron chi connectivity index (χ0n) is 14.7. The number of halogens is 3. The van der Waals surface area contributed by atoms with Gasteiger partial charge in [0, 0.05) is 19.2 Å². The lowest BCUT2D eigenvalue weighted by Crippen LogP contribution is -2.39. The molecule has 0 spiro atoms. The van der Waals surface area contributed by atoms with Crippen LogP contribution in [0.4, 0.5) is 4.39 Å². The summed E-state index contributed by atoms with van der Waals surface area (Å²) in [6.07, 6.45) is 2.92. The molecule has 0 aliphatic rings. The predicted octanol–water partition coefficient (Wildman–Crippen LogP) is 4.31. The van der Waals surface area contributed by atoms with E-state index >= 15 is 0 Å². The number of nitrogens with one attached hydrogen (secondary N) is 1. The Balaban J connectivity index is 1.91. The minimum atomic E-state index is -0.334. The fourth-order valence-electron chi connectivity index (χ4n) is 2.29. The van der Waals surface area contributed by atoms with Gasteiger partial charge in [0.05, 0.1) is 16.6 Å². The SMILES string of the molecule is CCN(CC(=O)NCc1ccc(F)cc1)C(=O)/C=C/c1cccc(Cl)c1Cl. The molecule has 4 nitrogen and oxygen atoms in total. The molecule has 2 rings (SSSR count). The molecule has 0 heterocycles. The zero-order chi connectivity index (χ0) is 19.8. The molecule has 0 aromatic heterocycles. The first-order valence-electron chi connectivity index (χ1n) is 8.33. The Labute approximate surface area is 167 Å². The molecule has 0 aliphatic carbocycles. The number of nitrogens with zero attached hydrogens (tertiary/aromatic N) is 1. The summed E-state index contributed by atoms with van der Waals surface area (Å²) in [5, 5.41) is 3.48. The average Bonchev–Trinajstić information content (AvgIpc) is 2.66. The Morgan fingerprint density at radius 3 is 2.52 bits per heavy atom. The molecule has 27 heavy (non-hydrogen) atoms. The summed E-state index contributed by atoms with van der Waals surface area (Å²) in [7, 11) is 0. The van der Waals surface area contributed by atoms with E-state index in [9.17, 15) is 14.0 Å². The molecule has 2 amide bonds. The van der Waals surface area contributed by atoms with Crippen molar-refractivity contribution in [3.63, 3.8) is 0 Å². The third-order valence-corrected chi connectivity index (χ3v) is 4.65. The summed E-state index contributed by atoms with van der Waals surface area (Å²) in [6, 6.07) is 11.0. The van der Waals surface area contributed by atoms with Crippen molar-refractivity contribution in [1.82, 2.24) is 10.2 Å². The van der Waals surface area contributed by atoms with E-state index < -0.39 is 0 Å². The van der Waals surface area contributed by atoms with Crippen LogP contribution in [-0.4, -0.2) is 29.8 Å². The molecule has 0 aliphatic heterocycles. The second kappa shape index (κ2) is 10.1. The van der Waals surface area contributed by atoms with Gasteiger partial charge in [-0.3, -0.25) is 9.59 Å². The van der Waals surface area contributed by atoms with E-state index in [0.29, 0.717) is 22.2 Å². The van der Waals surface area contributed by atoms with Crippen molar-refractivity contribution < 1.29 is 14.0 Å². The molecule has 0 saturated carbocycles. The number of benzene rings is 2. The molecule has 0 bridgehead atoms. The molecule has 2 aromatic carbocycles. The normalized spacial score (nSPS) is 10.8. The number of amides is 2. The van der Waals surface area contributed by atoms with E-state index in [1.165, 1.54) is 23.1 Å². The van der Waals surface area contributed by atoms with Gasteiger partial charge in [-0.2, -0.15) is 0 Å². The standard InChI is InChI=1S/C20H19Cl2FN2O2/c1-2-25(13-18(26)24-12-14-6-9-16(23)10-7-14)19(27)11-8-15-4-3-5-17(21)20(15)22/h3-11H,2,12-13H2,1H3,(H,24,26)/b11-8+. The number of rotatable bonds is 7. The lowest BCUT2D eigenvalue weighted by Gasteiger charge is -2.18. The monoisotopic (exact) mass is 408 g/mol. The molecule has 0 atom stereocenters. The van der Waals surface area contributed by atoms with Gasteiger partial charge >= 0.3 is 0 Å². The third-order valence-electron chi connectivity index (χ3n) is 3.82. The first-order valence-corrected chi connectivity index (χ1v) is 9.08. The zero-order valence-corrected chi connectivity index (χ0v) is 16.2. The van der Waals surface area contributed by atoms with Gasteiger partial charge < -0.3 is 10.2 Å². The highest BCUT2D eigenvalue weighted by molar-refractivity contribution is 6.42. The maximum absolute atomic E-state index is 12.9. The second-order valence-corrected chi connectivity index (χ2v) is 6.52. The van der Waals surface area contributed by atoms with E-state index in [-0.39, 0.29) is 30.7 Å². The number of hydrogen-bond acceptors (Lipinski definition) is 2. The van der Waals surface area contributed by atoms with Crippen molar-refractivity contribution in [3.05, 3.63) is 75.5 Å². The van der Waals surface area contributed by atoms with Gasteiger partial charge in [0.15, 0.2) is 0 Å².